The van der Waals surface area contributed by atoms with Crippen LogP contribution in [0.4, 0.5) is 0 Å². The molecule has 3 nitrogen and oxygen atoms in total. The predicted molar refractivity (Wildman–Crippen MR) is 58.4 cm³/mol. The number of halogens is 1. The lowest BCUT2D eigenvalue weighted by molar-refractivity contribution is 0.0697. The van der Waals surface area contributed by atoms with Crippen molar-refractivity contribution in [3.05, 3.63) is 34.3 Å². The Morgan fingerprint density at radius 2 is 2.33 bits per heavy atom. The van der Waals surface area contributed by atoms with Gasteiger partial charge >= 0.3 is 5.97 Å². The summed E-state index contributed by atoms with van der Waals surface area (Å²) in [7, 11) is 0. The zero-order chi connectivity index (χ0) is 10.8. The van der Waals surface area contributed by atoms with Gasteiger partial charge < -0.3 is 10.4 Å². The van der Waals surface area contributed by atoms with Crippen molar-refractivity contribution in [1.82, 2.24) is 5.32 Å². The van der Waals surface area contributed by atoms with E-state index in [1.807, 2.05) is 0 Å². The predicted octanol–water partition coefficient (Wildman–Crippen LogP) is 2.46. The summed E-state index contributed by atoms with van der Waals surface area (Å²) in [5, 5.41) is 12.7. The van der Waals surface area contributed by atoms with Gasteiger partial charge in [-0.3, -0.25) is 0 Å². The Morgan fingerprint density at radius 3 is 2.87 bits per heavy atom. The molecule has 0 bridgehead atoms. The average Bonchev–Trinajstić information content (AvgIpc) is 2.70. The largest absolute Gasteiger partial charge is 0.478 e. The molecule has 1 aliphatic rings. The van der Waals surface area contributed by atoms with E-state index in [9.17, 15) is 4.79 Å². The van der Waals surface area contributed by atoms with Crippen molar-refractivity contribution in [2.75, 3.05) is 6.54 Å². The second kappa shape index (κ2) is 4.21. The first-order valence-corrected chi connectivity index (χ1v) is 5.32. The van der Waals surface area contributed by atoms with Crippen LogP contribution in [-0.4, -0.2) is 17.6 Å². The van der Waals surface area contributed by atoms with Gasteiger partial charge in [0.2, 0.25) is 0 Å². The number of carboxylic acids is 1. The van der Waals surface area contributed by atoms with Gasteiger partial charge in [0.05, 0.1) is 5.56 Å². The van der Waals surface area contributed by atoms with Crippen LogP contribution in [0, 0.1) is 0 Å². The molecule has 0 saturated carbocycles. The summed E-state index contributed by atoms with van der Waals surface area (Å²) in [6.45, 7) is 1.00. The molecule has 0 aliphatic carbocycles. The number of hydrogen-bond donors (Lipinski definition) is 2. The molecule has 15 heavy (non-hydrogen) atoms. The number of rotatable bonds is 2. The smallest absolute Gasteiger partial charge is 0.335 e. The van der Waals surface area contributed by atoms with Crippen LogP contribution < -0.4 is 5.32 Å². The van der Waals surface area contributed by atoms with Crippen LogP contribution in [0.25, 0.3) is 0 Å². The Kier molecular flexibility index (Phi) is 2.93. The number of nitrogens with one attached hydrogen (secondary N) is 1. The van der Waals surface area contributed by atoms with E-state index in [1.165, 1.54) is 6.07 Å². The van der Waals surface area contributed by atoms with Gasteiger partial charge in [-0.1, -0.05) is 17.7 Å². The summed E-state index contributed by atoms with van der Waals surface area (Å²) in [6, 6.07) is 5.19. The molecule has 1 aromatic carbocycles. The van der Waals surface area contributed by atoms with E-state index in [4.69, 9.17) is 16.7 Å². The highest BCUT2D eigenvalue weighted by Gasteiger charge is 2.19. The van der Waals surface area contributed by atoms with Gasteiger partial charge in [0.15, 0.2) is 0 Å². The Morgan fingerprint density at radius 1 is 1.53 bits per heavy atom. The molecule has 2 rings (SSSR count). The zero-order valence-corrected chi connectivity index (χ0v) is 8.92. The van der Waals surface area contributed by atoms with Gasteiger partial charge in [0, 0.05) is 11.1 Å². The lowest BCUT2D eigenvalue weighted by Crippen LogP contribution is -2.13. The third-order valence-electron chi connectivity index (χ3n) is 2.68. The van der Waals surface area contributed by atoms with Crippen molar-refractivity contribution in [2.45, 2.75) is 18.9 Å². The SMILES string of the molecule is O=C(O)c1ccc([C@@H]2CCCN2)c(Cl)c1. The minimum Gasteiger partial charge on any atom is -0.478 e. The fourth-order valence-corrected chi connectivity index (χ4v) is 2.21. The average molecular weight is 226 g/mol. The van der Waals surface area contributed by atoms with Crippen molar-refractivity contribution in [1.29, 1.82) is 0 Å². The Balaban J connectivity index is 2.29. The van der Waals surface area contributed by atoms with E-state index >= 15 is 0 Å². The summed E-state index contributed by atoms with van der Waals surface area (Å²) < 4.78 is 0. The maximum atomic E-state index is 10.7. The van der Waals surface area contributed by atoms with Crippen LogP contribution in [0.1, 0.15) is 34.8 Å². The van der Waals surface area contributed by atoms with Gasteiger partial charge in [0.1, 0.15) is 0 Å². The van der Waals surface area contributed by atoms with E-state index in [2.05, 4.69) is 5.32 Å². The van der Waals surface area contributed by atoms with E-state index in [0.717, 1.165) is 24.9 Å². The molecule has 1 heterocycles. The van der Waals surface area contributed by atoms with Gasteiger partial charge in [-0.15, -0.1) is 0 Å². The van der Waals surface area contributed by atoms with Crippen LogP contribution in [0.15, 0.2) is 18.2 Å². The quantitative estimate of drug-likeness (QED) is 0.813. The third-order valence-corrected chi connectivity index (χ3v) is 3.01. The first-order valence-electron chi connectivity index (χ1n) is 4.94. The molecular weight excluding hydrogens is 214 g/mol. The highest BCUT2D eigenvalue weighted by molar-refractivity contribution is 6.31. The van der Waals surface area contributed by atoms with Crippen molar-refractivity contribution in [3.63, 3.8) is 0 Å². The van der Waals surface area contributed by atoms with Crippen molar-refractivity contribution < 1.29 is 9.90 Å². The topological polar surface area (TPSA) is 49.3 Å². The molecule has 1 saturated heterocycles. The number of carboxylic acid groups (broad SMARTS) is 1. The lowest BCUT2D eigenvalue weighted by atomic mass is 10.0. The van der Waals surface area contributed by atoms with Gasteiger partial charge in [-0.25, -0.2) is 4.79 Å². The minimum absolute atomic E-state index is 0.238. The first-order chi connectivity index (χ1) is 7.18. The number of hydrogen-bond acceptors (Lipinski definition) is 2. The second-order valence-corrected chi connectivity index (χ2v) is 4.10. The molecular formula is C11H12ClNO2. The Bertz CT molecular complexity index is 386. The Labute approximate surface area is 93.1 Å². The third kappa shape index (κ3) is 2.13. The molecule has 0 aromatic heterocycles. The molecule has 80 valence electrons. The van der Waals surface area contributed by atoms with Crippen LogP contribution in [-0.2, 0) is 0 Å². The monoisotopic (exact) mass is 225 g/mol. The van der Waals surface area contributed by atoms with E-state index in [0.29, 0.717) is 5.02 Å². The molecule has 0 amide bonds. The molecule has 2 N–H and O–H groups in total. The molecule has 1 aromatic rings. The van der Waals surface area contributed by atoms with Crippen LogP contribution in [0.5, 0.6) is 0 Å². The highest BCUT2D eigenvalue weighted by atomic mass is 35.5. The second-order valence-electron chi connectivity index (χ2n) is 3.69. The van der Waals surface area contributed by atoms with E-state index in [1.54, 1.807) is 12.1 Å². The summed E-state index contributed by atoms with van der Waals surface area (Å²) in [6.07, 6.45) is 2.20. The summed E-state index contributed by atoms with van der Waals surface area (Å²) in [5.41, 5.74) is 1.24. The first kappa shape index (κ1) is 10.5. The summed E-state index contributed by atoms with van der Waals surface area (Å²) in [5.74, 6) is -0.942. The van der Waals surface area contributed by atoms with Crippen molar-refractivity contribution >= 4 is 17.6 Å². The maximum absolute atomic E-state index is 10.7. The van der Waals surface area contributed by atoms with Crippen LogP contribution in [0.3, 0.4) is 0 Å². The number of aromatic carboxylic acids is 1. The zero-order valence-electron chi connectivity index (χ0n) is 8.16. The van der Waals surface area contributed by atoms with E-state index in [-0.39, 0.29) is 11.6 Å². The maximum Gasteiger partial charge on any atom is 0.335 e. The number of carbonyl (C=O) groups is 1. The molecule has 4 heteroatoms. The van der Waals surface area contributed by atoms with Gasteiger partial charge in [-0.2, -0.15) is 0 Å². The molecule has 1 fully saturated rings. The molecule has 1 aliphatic heterocycles. The number of benzene rings is 1. The van der Waals surface area contributed by atoms with Crippen molar-refractivity contribution in [2.24, 2.45) is 0 Å². The molecule has 0 unspecified atom stereocenters. The molecule has 0 radical (unpaired) electrons. The van der Waals surface area contributed by atoms with E-state index < -0.39 is 5.97 Å². The summed E-state index contributed by atoms with van der Waals surface area (Å²) in [4.78, 5) is 10.7. The van der Waals surface area contributed by atoms with Crippen molar-refractivity contribution in [3.8, 4) is 0 Å². The molecule has 1 atom stereocenters. The standard InChI is InChI=1S/C11H12ClNO2/c12-9-6-7(11(14)15)3-4-8(9)10-2-1-5-13-10/h3-4,6,10,13H,1-2,5H2,(H,14,15)/t10-/m0/s1. The van der Waals surface area contributed by atoms with Gasteiger partial charge in [0.25, 0.3) is 0 Å². The lowest BCUT2D eigenvalue weighted by Gasteiger charge is -2.12. The van der Waals surface area contributed by atoms with Gasteiger partial charge in [-0.05, 0) is 37.1 Å². The normalized spacial score (nSPS) is 20.5. The minimum atomic E-state index is -0.942. The highest BCUT2D eigenvalue weighted by Crippen LogP contribution is 2.29. The Hall–Kier alpha value is -1.06. The van der Waals surface area contributed by atoms with Crippen LogP contribution in [0.2, 0.25) is 5.02 Å². The van der Waals surface area contributed by atoms with Crippen LogP contribution >= 0.6 is 11.6 Å². The summed E-state index contributed by atoms with van der Waals surface area (Å²) >= 11 is 6.05. The molecule has 0 spiro atoms. The fourth-order valence-electron chi connectivity index (χ4n) is 1.89. The fraction of sp³-hybridized carbons (Fsp3) is 0.364.